The van der Waals surface area contributed by atoms with Crippen LogP contribution >= 0.6 is 0 Å². The number of rotatable bonds is 6. The third kappa shape index (κ3) is 5.19. The number of ether oxygens (including phenoxy) is 1. The van der Waals surface area contributed by atoms with E-state index in [1.165, 1.54) is 11.1 Å². The summed E-state index contributed by atoms with van der Waals surface area (Å²) >= 11 is 0. The molecule has 2 heterocycles. The first-order valence-corrected chi connectivity index (χ1v) is 11.2. The minimum atomic E-state index is 0.0933. The molecule has 1 aliphatic rings. The summed E-state index contributed by atoms with van der Waals surface area (Å²) in [5, 5.41) is 4.43. The fourth-order valence-corrected chi connectivity index (χ4v) is 4.15. The molecule has 1 saturated heterocycles. The second-order valence-corrected chi connectivity index (χ2v) is 8.74. The molecular formula is C26H32N4O2. The molecular weight excluding hydrogens is 400 g/mol. The highest BCUT2D eigenvalue weighted by Crippen LogP contribution is 2.21. The van der Waals surface area contributed by atoms with Gasteiger partial charge in [0, 0.05) is 57.1 Å². The second-order valence-electron chi connectivity index (χ2n) is 8.74. The molecule has 0 bridgehead atoms. The van der Waals surface area contributed by atoms with E-state index < -0.39 is 0 Å². The van der Waals surface area contributed by atoms with Crippen molar-refractivity contribution in [2.75, 3.05) is 26.2 Å². The van der Waals surface area contributed by atoms with Crippen molar-refractivity contribution in [2.45, 2.75) is 33.9 Å². The standard InChI is InChI=1S/C26H32N4O2/c1-19-8-9-20(2)25(14-19)32-18-22-6-5-7-23(15-22)26(31)30-12-10-29(11-13-30)17-24-16-28(4)27-21(24)3/h5-9,14-16H,10-13,17-18H2,1-4H3. The van der Waals surface area contributed by atoms with E-state index in [1.807, 2.05) is 54.7 Å². The van der Waals surface area contributed by atoms with Crippen LogP contribution in [-0.4, -0.2) is 51.7 Å². The van der Waals surface area contributed by atoms with Crippen LogP contribution in [0.15, 0.2) is 48.7 Å². The lowest BCUT2D eigenvalue weighted by Crippen LogP contribution is -2.48. The molecule has 1 aliphatic heterocycles. The molecule has 0 aliphatic carbocycles. The summed E-state index contributed by atoms with van der Waals surface area (Å²) in [6.07, 6.45) is 2.08. The number of hydrogen-bond donors (Lipinski definition) is 0. The Kier molecular flexibility index (Phi) is 6.61. The number of carbonyl (C=O) groups excluding carboxylic acids is 1. The Balaban J connectivity index is 1.34. The molecule has 3 aromatic rings. The van der Waals surface area contributed by atoms with Crippen molar-refractivity contribution in [2.24, 2.45) is 7.05 Å². The number of piperazine rings is 1. The molecule has 4 rings (SSSR count). The van der Waals surface area contributed by atoms with Crippen LogP contribution in [0.1, 0.15) is 38.3 Å². The first-order chi connectivity index (χ1) is 15.4. The van der Waals surface area contributed by atoms with Gasteiger partial charge in [-0.25, -0.2) is 0 Å². The first kappa shape index (κ1) is 22.1. The molecule has 2 aromatic carbocycles. The van der Waals surface area contributed by atoms with Gasteiger partial charge in [-0.3, -0.25) is 14.4 Å². The second kappa shape index (κ2) is 9.57. The Labute approximate surface area is 190 Å². The molecule has 0 radical (unpaired) electrons. The van der Waals surface area contributed by atoms with Crippen LogP contribution in [0.3, 0.4) is 0 Å². The average molecular weight is 433 g/mol. The minimum absolute atomic E-state index is 0.0933. The lowest BCUT2D eigenvalue weighted by molar-refractivity contribution is 0.0628. The van der Waals surface area contributed by atoms with Gasteiger partial charge in [-0.15, -0.1) is 0 Å². The van der Waals surface area contributed by atoms with Gasteiger partial charge >= 0.3 is 0 Å². The third-order valence-corrected chi connectivity index (χ3v) is 6.08. The van der Waals surface area contributed by atoms with Gasteiger partial charge in [0.05, 0.1) is 5.69 Å². The predicted molar refractivity (Wildman–Crippen MR) is 126 cm³/mol. The van der Waals surface area contributed by atoms with Crippen molar-refractivity contribution in [3.8, 4) is 5.75 Å². The fourth-order valence-electron chi connectivity index (χ4n) is 4.15. The van der Waals surface area contributed by atoms with E-state index >= 15 is 0 Å². The zero-order chi connectivity index (χ0) is 22.7. The van der Waals surface area contributed by atoms with E-state index in [0.29, 0.717) is 6.61 Å². The summed E-state index contributed by atoms with van der Waals surface area (Å²) in [7, 11) is 1.95. The average Bonchev–Trinajstić information content (AvgIpc) is 3.11. The Morgan fingerprint density at radius 3 is 2.53 bits per heavy atom. The quantitative estimate of drug-likeness (QED) is 0.593. The van der Waals surface area contributed by atoms with Crippen molar-refractivity contribution in [3.63, 3.8) is 0 Å². The van der Waals surface area contributed by atoms with Crippen LogP contribution in [0.25, 0.3) is 0 Å². The molecule has 0 saturated carbocycles. The maximum atomic E-state index is 13.1. The van der Waals surface area contributed by atoms with Crippen LogP contribution in [0.4, 0.5) is 0 Å². The van der Waals surface area contributed by atoms with Gasteiger partial charge in [-0.1, -0.05) is 24.3 Å². The van der Waals surface area contributed by atoms with Crippen LogP contribution in [-0.2, 0) is 20.2 Å². The first-order valence-electron chi connectivity index (χ1n) is 11.2. The summed E-state index contributed by atoms with van der Waals surface area (Å²) in [4.78, 5) is 17.4. The zero-order valence-corrected chi connectivity index (χ0v) is 19.5. The van der Waals surface area contributed by atoms with E-state index in [0.717, 1.165) is 60.9 Å². The smallest absolute Gasteiger partial charge is 0.253 e. The number of nitrogens with zero attached hydrogens (tertiary/aromatic N) is 4. The number of hydrogen-bond acceptors (Lipinski definition) is 4. The molecule has 0 atom stereocenters. The number of amides is 1. The van der Waals surface area contributed by atoms with Gasteiger partial charge in [-0.05, 0) is 55.7 Å². The molecule has 32 heavy (non-hydrogen) atoms. The highest BCUT2D eigenvalue weighted by molar-refractivity contribution is 5.94. The zero-order valence-electron chi connectivity index (χ0n) is 19.5. The highest BCUT2D eigenvalue weighted by atomic mass is 16.5. The van der Waals surface area contributed by atoms with Crippen LogP contribution < -0.4 is 4.74 Å². The third-order valence-electron chi connectivity index (χ3n) is 6.08. The summed E-state index contributed by atoms with van der Waals surface area (Å²) in [6, 6.07) is 14.0. The van der Waals surface area contributed by atoms with Crippen LogP contribution in [0.2, 0.25) is 0 Å². The summed E-state index contributed by atoms with van der Waals surface area (Å²) in [6.45, 7) is 10.7. The van der Waals surface area contributed by atoms with Crippen molar-refractivity contribution in [1.82, 2.24) is 19.6 Å². The monoisotopic (exact) mass is 432 g/mol. The Hall–Kier alpha value is -3.12. The highest BCUT2D eigenvalue weighted by Gasteiger charge is 2.23. The Morgan fingerprint density at radius 1 is 1.03 bits per heavy atom. The van der Waals surface area contributed by atoms with Crippen molar-refractivity contribution >= 4 is 5.91 Å². The topological polar surface area (TPSA) is 50.6 Å². The molecule has 0 unspecified atom stereocenters. The summed E-state index contributed by atoms with van der Waals surface area (Å²) in [5.41, 5.74) is 6.34. The molecule has 1 fully saturated rings. The maximum Gasteiger partial charge on any atom is 0.253 e. The predicted octanol–water partition coefficient (Wildman–Crippen LogP) is 3.88. The summed E-state index contributed by atoms with van der Waals surface area (Å²) < 4.78 is 7.89. The molecule has 1 aromatic heterocycles. The lowest BCUT2D eigenvalue weighted by atomic mass is 10.1. The van der Waals surface area contributed by atoms with Crippen molar-refractivity contribution < 1.29 is 9.53 Å². The van der Waals surface area contributed by atoms with Gasteiger partial charge in [0.1, 0.15) is 12.4 Å². The SMILES string of the molecule is Cc1ccc(C)c(OCc2cccc(C(=O)N3CCN(Cc4cn(C)nc4C)CC3)c2)c1. The van der Waals surface area contributed by atoms with Gasteiger partial charge in [-0.2, -0.15) is 5.10 Å². The van der Waals surface area contributed by atoms with E-state index in [2.05, 4.69) is 41.3 Å². The normalized spacial score (nSPS) is 14.6. The Bertz CT molecular complexity index is 1100. The van der Waals surface area contributed by atoms with Crippen LogP contribution in [0, 0.1) is 20.8 Å². The van der Waals surface area contributed by atoms with E-state index in [9.17, 15) is 4.79 Å². The number of benzene rings is 2. The van der Waals surface area contributed by atoms with Crippen LogP contribution in [0.5, 0.6) is 5.75 Å². The number of aromatic nitrogens is 2. The minimum Gasteiger partial charge on any atom is -0.489 e. The van der Waals surface area contributed by atoms with E-state index in [4.69, 9.17) is 4.74 Å². The maximum absolute atomic E-state index is 13.1. The molecule has 6 nitrogen and oxygen atoms in total. The number of aryl methyl sites for hydroxylation is 4. The van der Waals surface area contributed by atoms with Crippen molar-refractivity contribution in [3.05, 3.63) is 82.2 Å². The van der Waals surface area contributed by atoms with Gasteiger partial charge in [0.15, 0.2) is 0 Å². The summed E-state index contributed by atoms with van der Waals surface area (Å²) in [5.74, 6) is 0.984. The van der Waals surface area contributed by atoms with Gasteiger partial charge < -0.3 is 9.64 Å². The Morgan fingerprint density at radius 2 is 1.81 bits per heavy atom. The van der Waals surface area contributed by atoms with Gasteiger partial charge in [0.25, 0.3) is 5.91 Å². The van der Waals surface area contributed by atoms with E-state index in [1.54, 1.807) is 0 Å². The van der Waals surface area contributed by atoms with E-state index in [-0.39, 0.29) is 5.91 Å². The molecule has 1 amide bonds. The lowest BCUT2D eigenvalue weighted by Gasteiger charge is -2.34. The molecule has 168 valence electrons. The largest absolute Gasteiger partial charge is 0.489 e. The molecule has 6 heteroatoms. The fraction of sp³-hybridized carbons (Fsp3) is 0.385. The molecule has 0 spiro atoms. The number of carbonyl (C=O) groups is 1. The van der Waals surface area contributed by atoms with Crippen molar-refractivity contribution in [1.29, 1.82) is 0 Å². The molecule has 0 N–H and O–H groups in total. The van der Waals surface area contributed by atoms with Gasteiger partial charge in [0.2, 0.25) is 0 Å².